The molecule has 0 unspecified atom stereocenters. The fourth-order valence-electron chi connectivity index (χ4n) is 2.30. The molecular weight excluding hydrogens is 186 g/mol. The summed E-state index contributed by atoms with van der Waals surface area (Å²) in [6.07, 6.45) is 0. The zero-order valence-corrected chi connectivity index (χ0v) is 9.40. The Bertz CT molecular complexity index is 327. The van der Waals surface area contributed by atoms with Crippen molar-refractivity contribution in [1.29, 1.82) is 0 Å². The van der Waals surface area contributed by atoms with E-state index in [1.54, 1.807) is 0 Å². The lowest BCUT2D eigenvalue weighted by molar-refractivity contribution is 0.407. The fourth-order valence-corrected chi connectivity index (χ4v) is 2.30. The van der Waals surface area contributed by atoms with E-state index in [0.29, 0.717) is 12.1 Å². The van der Waals surface area contributed by atoms with Gasteiger partial charge in [-0.25, -0.2) is 0 Å². The molecule has 0 aliphatic carbocycles. The molecule has 3 N–H and O–H groups in total. The van der Waals surface area contributed by atoms with Gasteiger partial charge in [0.05, 0.1) is 11.4 Å². The van der Waals surface area contributed by atoms with Crippen LogP contribution in [0.25, 0.3) is 0 Å². The van der Waals surface area contributed by atoms with Crippen molar-refractivity contribution in [3.63, 3.8) is 0 Å². The minimum absolute atomic E-state index is 0.522. The Morgan fingerprint density at radius 1 is 1.20 bits per heavy atom. The van der Waals surface area contributed by atoms with Gasteiger partial charge in [0.15, 0.2) is 0 Å². The summed E-state index contributed by atoms with van der Waals surface area (Å²) in [4.78, 5) is 2.36. The summed E-state index contributed by atoms with van der Waals surface area (Å²) in [6.45, 7) is 6.47. The van der Waals surface area contributed by atoms with E-state index in [0.717, 1.165) is 24.5 Å². The molecule has 1 aromatic rings. The van der Waals surface area contributed by atoms with Gasteiger partial charge < -0.3 is 16.0 Å². The molecule has 3 heteroatoms. The maximum Gasteiger partial charge on any atom is 0.0601 e. The number of anilines is 2. The van der Waals surface area contributed by atoms with E-state index in [9.17, 15) is 0 Å². The van der Waals surface area contributed by atoms with Crippen molar-refractivity contribution >= 4 is 11.4 Å². The van der Waals surface area contributed by atoms with E-state index in [2.05, 4.69) is 30.1 Å². The van der Waals surface area contributed by atoms with Crippen LogP contribution in [0.15, 0.2) is 24.3 Å². The van der Waals surface area contributed by atoms with Crippen molar-refractivity contribution in [3.8, 4) is 0 Å². The Kier molecular flexibility index (Phi) is 2.82. The first-order valence-electron chi connectivity index (χ1n) is 5.52. The Balaban J connectivity index is 2.20. The molecule has 2 rings (SSSR count). The second-order valence-corrected chi connectivity index (χ2v) is 4.43. The fraction of sp³-hybridized carbons (Fsp3) is 0.500. The summed E-state index contributed by atoms with van der Waals surface area (Å²) in [5.41, 5.74) is 8.02. The van der Waals surface area contributed by atoms with Gasteiger partial charge in [-0.2, -0.15) is 0 Å². The first-order valence-corrected chi connectivity index (χ1v) is 5.52. The van der Waals surface area contributed by atoms with Gasteiger partial charge in [0, 0.05) is 25.2 Å². The molecule has 1 aliphatic rings. The molecule has 1 saturated heterocycles. The molecule has 15 heavy (non-hydrogen) atoms. The molecule has 0 radical (unpaired) electrons. The highest BCUT2D eigenvalue weighted by Crippen LogP contribution is 2.24. The third-order valence-electron chi connectivity index (χ3n) is 2.83. The Morgan fingerprint density at radius 2 is 1.80 bits per heavy atom. The van der Waals surface area contributed by atoms with Crippen LogP contribution >= 0.6 is 0 Å². The molecule has 3 nitrogen and oxygen atoms in total. The number of para-hydroxylation sites is 2. The van der Waals surface area contributed by atoms with Crippen LogP contribution in [0.3, 0.4) is 0 Å². The maximum absolute atomic E-state index is 5.98. The van der Waals surface area contributed by atoms with Gasteiger partial charge in [-0.15, -0.1) is 0 Å². The molecule has 82 valence electrons. The standard InChI is InChI=1S/C12H19N3/c1-9-7-15(8-10(2)14-9)12-6-4-3-5-11(12)13/h3-6,9-10,14H,7-8,13H2,1-2H3/t9-,10+. The zero-order chi connectivity index (χ0) is 10.8. The predicted molar refractivity (Wildman–Crippen MR) is 65.1 cm³/mol. The average Bonchev–Trinajstić information content (AvgIpc) is 2.16. The van der Waals surface area contributed by atoms with E-state index in [1.165, 1.54) is 0 Å². The number of nitrogens with one attached hydrogen (secondary N) is 1. The van der Waals surface area contributed by atoms with Crippen LogP contribution in [0.4, 0.5) is 11.4 Å². The van der Waals surface area contributed by atoms with Gasteiger partial charge >= 0.3 is 0 Å². The first kappa shape index (κ1) is 10.3. The Labute approximate surface area is 91.3 Å². The second-order valence-electron chi connectivity index (χ2n) is 4.43. The van der Waals surface area contributed by atoms with Gasteiger partial charge in [-0.1, -0.05) is 12.1 Å². The molecule has 0 bridgehead atoms. The number of benzene rings is 1. The minimum Gasteiger partial charge on any atom is -0.397 e. The Morgan fingerprint density at radius 3 is 2.40 bits per heavy atom. The van der Waals surface area contributed by atoms with E-state index in [1.807, 2.05) is 18.2 Å². The molecule has 0 spiro atoms. The van der Waals surface area contributed by atoms with E-state index in [4.69, 9.17) is 5.73 Å². The smallest absolute Gasteiger partial charge is 0.0601 e. The summed E-state index contributed by atoms with van der Waals surface area (Å²) >= 11 is 0. The molecule has 0 aromatic heterocycles. The predicted octanol–water partition coefficient (Wildman–Crippen LogP) is 1.46. The number of nitrogen functional groups attached to an aromatic ring is 1. The van der Waals surface area contributed by atoms with Crippen molar-refractivity contribution in [3.05, 3.63) is 24.3 Å². The van der Waals surface area contributed by atoms with Gasteiger partial charge in [-0.05, 0) is 26.0 Å². The zero-order valence-electron chi connectivity index (χ0n) is 9.40. The second kappa shape index (κ2) is 4.11. The third-order valence-corrected chi connectivity index (χ3v) is 2.83. The monoisotopic (exact) mass is 205 g/mol. The lowest BCUT2D eigenvalue weighted by Gasteiger charge is -2.38. The van der Waals surface area contributed by atoms with Crippen LogP contribution in [-0.2, 0) is 0 Å². The number of piperazine rings is 1. The summed E-state index contributed by atoms with van der Waals surface area (Å²) in [6, 6.07) is 9.13. The SMILES string of the molecule is C[C@@H]1CN(c2ccccc2N)C[C@H](C)N1. The van der Waals surface area contributed by atoms with E-state index in [-0.39, 0.29) is 0 Å². The summed E-state index contributed by atoms with van der Waals surface area (Å²) in [7, 11) is 0. The van der Waals surface area contributed by atoms with Crippen molar-refractivity contribution in [2.24, 2.45) is 0 Å². The topological polar surface area (TPSA) is 41.3 Å². The van der Waals surface area contributed by atoms with Crippen LogP contribution in [0.2, 0.25) is 0 Å². The minimum atomic E-state index is 0.522. The Hall–Kier alpha value is -1.22. The van der Waals surface area contributed by atoms with Crippen LogP contribution in [0, 0.1) is 0 Å². The summed E-state index contributed by atoms with van der Waals surface area (Å²) in [5, 5.41) is 3.52. The van der Waals surface area contributed by atoms with Gasteiger partial charge in [0.2, 0.25) is 0 Å². The lowest BCUT2D eigenvalue weighted by Crippen LogP contribution is -2.54. The van der Waals surface area contributed by atoms with Crippen molar-refractivity contribution in [1.82, 2.24) is 5.32 Å². The van der Waals surface area contributed by atoms with Crippen molar-refractivity contribution in [2.75, 3.05) is 23.7 Å². The van der Waals surface area contributed by atoms with Crippen molar-refractivity contribution < 1.29 is 0 Å². The molecule has 1 aromatic carbocycles. The number of nitrogens with two attached hydrogens (primary N) is 1. The highest BCUT2D eigenvalue weighted by molar-refractivity contribution is 5.67. The molecule has 2 atom stereocenters. The van der Waals surface area contributed by atoms with Crippen molar-refractivity contribution in [2.45, 2.75) is 25.9 Å². The number of hydrogen-bond acceptors (Lipinski definition) is 3. The van der Waals surface area contributed by atoms with Crippen LogP contribution in [0.1, 0.15) is 13.8 Å². The molecule has 0 amide bonds. The van der Waals surface area contributed by atoms with Crippen LogP contribution < -0.4 is 16.0 Å². The maximum atomic E-state index is 5.98. The van der Waals surface area contributed by atoms with E-state index >= 15 is 0 Å². The first-order chi connectivity index (χ1) is 7.16. The molecule has 0 saturated carbocycles. The average molecular weight is 205 g/mol. The lowest BCUT2D eigenvalue weighted by atomic mass is 10.1. The molecule has 1 aliphatic heterocycles. The largest absolute Gasteiger partial charge is 0.397 e. The molecular formula is C12H19N3. The van der Waals surface area contributed by atoms with E-state index < -0.39 is 0 Å². The highest BCUT2D eigenvalue weighted by atomic mass is 15.2. The number of hydrogen-bond donors (Lipinski definition) is 2. The normalized spacial score (nSPS) is 26.7. The van der Waals surface area contributed by atoms with Gasteiger partial charge in [0.1, 0.15) is 0 Å². The van der Waals surface area contributed by atoms with Crippen LogP contribution in [-0.4, -0.2) is 25.2 Å². The van der Waals surface area contributed by atoms with Gasteiger partial charge in [-0.3, -0.25) is 0 Å². The summed E-state index contributed by atoms with van der Waals surface area (Å²) < 4.78 is 0. The molecule has 1 heterocycles. The highest BCUT2D eigenvalue weighted by Gasteiger charge is 2.21. The quantitative estimate of drug-likeness (QED) is 0.682. The molecule has 1 fully saturated rings. The third kappa shape index (κ3) is 2.23. The van der Waals surface area contributed by atoms with Gasteiger partial charge in [0.25, 0.3) is 0 Å². The van der Waals surface area contributed by atoms with Crippen LogP contribution in [0.5, 0.6) is 0 Å². The number of nitrogens with zero attached hydrogens (tertiary/aromatic N) is 1. The number of rotatable bonds is 1. The summed E-state index contributed by atoms with van der Waals surface area (Å²) in [5.74, 6) is 0.